The van der Waals surface area contributed by atoms with E-state index >= 15 is 0 Å². The molecule has 0 saturated heterocycles. The third kappa shape index (κ3) is 5.11. The molecule has 0 spiro atoms. The first kappa shape index (κ1) is 14.9. The monoisotopic (exact) mass is 231 g/mol. The van der Waals surface area contributed by atoms with E-state index in [1.54, 1.807) is 13.8 Å². The van der Waals surface area contributed by atoms with E-state index in [0.717, 1.165) is 0 Å². The first-order valence-electron chi connectivity index (χ1n) is 5.26. The zero-order valence-corrected chi connectivity index (χ0v) is 10.3. The highest BCUT2D eigenvalue weighted by molar-refractivity contribution is 5.84. The second-order valence-electron chi connectivity index (χ2n) is 5.27. The highest BCUT2D eigenvalue weighted by Crippen LogP contribution is 2.21. The summed E-state index contributed by atoms with van der Waals surface area (Å²) in [6.07, 6.45) is 0.365. The third-order valence-electron chi connectivity index (χ3n) is 2.40. The van der Waals surface area contributed by atoms with Crippen LogP contribution in [0, 0.1) is 5.41 Å². The predicted octanol–water partition coefficient (Wildman–Crippen LogP) is 0.764. The molecular formula is C11H21NO4. The number of nitrogens with one attached hydrogen (secondary N) is 1. The molecule has 0 aliphatic heterocycles. The Morgan fingerprint density at radius 3 is 2.06 bits per heavy atom. The maximum absolute atomic E-state index is 11.6. The van der Waals surface area contributed by atoms with Gasteiger partial charge in [-0.15, -0.1) is 0 Å². The van der Waals surface area contributed by atoms with Gasteiger partial charge in [0, 0.05) is 18.6 Å². The molecule has 0 aliphatic rings. The van der Waals surface area contributed by atoms with Crippen molar-refractivity contribution in [2.45, 2.75) is 46.1 Å². The summed E-state index contributed by atoms with van der Waals surface area (Å²) in [6.45, 7) is 6.57. The van der Waals surface area contributed by atoms with E-state index in [-0.39, 0.29) is 18.9 Å². The van der Waals surface area contributed by atoms with Crippen LogP contribution >= 0.6 is 0 Å². The van der Waals surface area contributed by atoms with Gasteiger partial charge in [-0.05, 0) is 34.1 Å². The highest BCUT2D eigenvalue weighted by atomic mass is 16.4. The van der Waals surface area contributed by atoms with Gasteiger partial charge in [0.05, 0.1) is 5.41 Å². The summed E-state index contributed by atoms with van der Waals surface area (Å²) in [5.74, 6) is -1.31. The number of carboxylic acids is 1. The number of carboxylic acid groups (broad SMARTS) is 1. The van der Waals surface area contributed by atoms with Crippen molar-refractivity contribution in [1.29, 1.82) is 0 Å². The van der Waals surface area contributed by atoms with Crippen LogP contribution in [0.4, 0.5) is 0 Å². The van der Waals surface area contributed by atoms with Crippen LogP contribution in [0.15, 0.2) is 0 Å². The van der Waals surface area contributed by atoms with Gasteiger partial charge in [0.15, 0.2) is 0 Å². The molecule has 94 valence electrons. The van der Waals surface area contributed by atoms with Gasteiger partial charge in [-0.2, -0.15) is 0 Å². The van der Waals surface area contributed by atoms with E-state index in [0.29, 0.717) is 6.42 Å². The minimum atomic E-state index is -1.07. The van der Waals surface area contributed by atoms with Crippen molar-refractivity contribution in [1.82, 2.24) is 5.32 Å². The van der Waals surface area contributed by atoms with E-state index in [1.807, 2.05) is 0 Å². The molecule has 0 aliphatic carbocycles. The lowest BCUT2D eigenvalue weighted by atomic mass is 9.88. The summed E-state index contributed by atoms with van der Waals surface area (Å²) in [6, 6.07) is 0. The van der Waals surface area contributed by atoms with Gasteiger partial charge in [-0.1, -0.05) is 0 Å². The molecule has 0 saturated carbocycles. The van der Waals surface area contributed by atoms with Gasteiger partial charge in [0.1, 0.15) is 0 Å². The van der Waals surface area contributed by atoms with Crippen LogP contribution in [-0.4, -0.2) is 34.2 Å². The zero-order valence-electron chi connectivity index (χ0n) is 10.3. The lowest BCUT2D eigenvalue weighted by Crippen LogP contribution is -2.46. The molecule has 0 aromatic heterocycles. The summed E-state index contributed by atoms with van der Waals surface area (Å²) >= 11 is 0. The second kappa shape index (κ2) is 5.30. The van der Waals surface area contributed by atoms with Crippen LogP contribution in [0.25, 0.3) is 0 Å². The van der Waals surface area contributed by atoms with Crippen molar-refractivity contribution in [3.05, 3.63) is 0 Å². The van der Waals surface area contributed by atoms with Gasteiger partial charge >= 0.3 is 5.97 Å². The van der Waals surface area contributed by atoms with Crippen molar-refractivity contribution < 1.29 is 19.8 Å². The fourth-order valence-electron chi connectivity index (χ4n) is 1.24. The highest BCUT2D eigenvalue weighted by Gasteiger charge is 2.31. The fourth-order valence-corrected chi connectivity index (χ4v) is 1.24. The molecule has 0 aromatic rings. The number of aliphatic hydroxyl groups is 1. The Balaban J connectivity index is 4.34. The smallest absolute Gasteiger partial charge is 0.309 e. The van der Waals surface area contributed by atoms with Crippen LogP contribution in [0.2, 0.25) is 0 Å². The summed E-state index contributed by atoms with van der Waals surface area (Å²) < 4.78 is 0. The van der Waals surface area contributed by atoms with Gasteiger partial charge in [-0.25, -0.2) is 0 Å². The molecule has 5 heteroatoms. The Morgan fingerprint density at radius 2 is 1.69 bits per heavy atom. The number of hydrogen-bond donors (Lipinski definition) is 3. The fraction of sp³-hybridized carbons (Fsp3) is 0.818. The number of hydrogen-bond acceptors (Lipinski definition) is 3. The lowest BCUT2D eigenvalue weighted by molar-refractivity contribution is -0.149. The maximum Gasteiger partial charge on any atom is 0.309 e. The molecule has 0 radical (unpaired) electrons. The summed E-state index contributed by atoms with van der Waals surface area (Å²) in [5, 5.41) is 20.4. The summed E-state index contributed by atoms with van der Waals surface area (Å²) in [5.41, 5.74) is -1.58. The van der Waals surface area contributed by atoms with Crippen molar-refractivity contribution in [3.63, 3.8) is 0 Å². The van der Waals surface area contributed by atoms with Gasteiger partial charge in [0.2, 0.25) is 5.91 Å². The van der Waals surface area contributed by atoms with Gasteiger partial charge < -0.3 is 15.5 Å². The minimum Gasteiger partial charge on any atom is -0.481 e. The second-order valence-corrected chi connectivity index (χ2v) is 5.27. The topological polar surface area (TPSA) is 86.6 Å². The van der Waals surface area contributed by atoms with Crippen LogP contribution < -0.4 is 5.32 Å². The number of rotatable bonds is 6. The van der Waals surface area contributed by atoms with Gasteiger partial charge in [0.25, 0.3) is 0 Å². The first-order chi connectivity index (χ1) is 7.10. The molecule has 0 bridgehead atoms. The van der Waals surface area contributed by atoms with Crippen LogP contribution in [0.5, 0.6) is 0 Å². The minimum absolute atomic E-state index is 0.0183. The van der Waals surface area contributed by atoms with Crippen molar-refractivity contribution >= 4 is 11.9 Å². The molecule has 0 heterocycles. The van der Waals surface area contributed by atoms with Crippen LogP contribution in [0.3, 0.4) is 0 Å². The quantitative estimate of drug-likeness (QED) is 0.630. The van der Waals surface area contributed by atoms with Crippen molar-refractivity contribution in [2.75, 3.05) is 6.61 Å². The van der Waals surface area contributed by atoms with Crippen molar-refractivity contribution in [2.24, 2.45) is 5.41 Å². The lowest BCUT2D eigenvalue weighted by Gasteiger charge is -2.27. The molecular weight excluding hydrogens is 210 g/mol. The zero-order chi connectivity index (χ0) is 13.0. The SMILES string of the molecule is CC(C)(CCO)NC(=O)CC(C)(C)C(=O)O. The molecule has 0 atom stereocenters. The van der Waals surface area contributed by atoms with E-state index < -0.39 is 16.9 Å². The van der Waals surface area contributed by atoms with E-state index in [2.05, 4.69) is 5.32 Å². The number of carbonyl (C=O) groups excluding carboxylic acids is 1. The molecule has 0 rings (SSSR count). The molecule has 5 nitrogen and oxygen atoms in total. The average Bonchev–Trinajstić information content (AvgIpc) is 1.99. The molecule has 1 amide bonds. The van der Waals surface area contributed by atoms with Gasteiger partial charge in [-0.3, -0.25) is 9.59 Å². The Morgan fingerprint density at radius 1 is 1.19 bits per heavy atom. The molecule has 0 unspecified atom stereocenters. The maximum atomic E-state index is 11.6. The Hall–Kier alpha value is -1.10. The number of carbonyl (C=O) groups is 2. The standard InChI is InChI=1S/C11H21NO4/c1-10(2,9(15)16)7-8(14)12-11(3,4)5-6-13/h13H,5-7H2,1-4H3,(H,12,14)(H,15,16). The number of aliphatic hydroxyl groups excluding tert-OH is 1. The average molecular weight is 231 g/mol. The Bertz CT molecular complexity index is 271. The molecule has 3 N–H and O–H groups in total. The Labute approximate surface area is 95.9 Å². The summed E-state index contributed by atoms with van der Waals surface area (Å²) in [7, 11) is 0. The third-order valence-corrected chi connectivity index (χ3v) is 2.40. The number of aliphatic carboxylic acids is 1. The Kier molecular flexibility index (Phi) is 4.93. The molecule has 0 aromatic carbocycles. The normalized spacial score (nSPS) is 12.3. The largest absolute Gasteiger partial charge is 0.481 e. The van der Waals surface area contributed by atoms with E-state index in [1.165, 1.54) is 13.8 Å². The summed E-state index contributed by atoms with van der Waals surface area (Å²) in [4.78, 5) is 22.4. The first-order valence-corrected chi connectivity index (χ1v) is 5.26. The molecule has 16 heavy (non-hydrogen) atoms. The van der Waals surface area contributed by atoms with Crippen molar-refractivity contribution in [3.8, 4) is 0 Å². The van der Waals surface area contributed by atoms with E-state index in [4.69, 9.17) is 10.2 Å². The van der Waals surface area contributed by atoms with Crippen LogP contribution in [-0.2, 0) is 9.59 Å². The van der Waals surface area contributed by atoms with E-state index in [9.17, 15) is 9.59 Å². The number of amides is 1. The molecule has 0 fully saturated rings. The van der Waals surface area contributed by atoms with Crippen LogP contribution in [0.1, 0.15) is 40.5 Å². The predicted molar refractivity (Wildman–Crippen MR) is 60.0 cm³/mol.